The normalized spacial score (nSPS) is 15.8. The van der Waals surface area contributed by atoms with Gasteiger partial charge in [-0.2, -0.15) is 5.06 Å². The second-order valence-electron chi connectivity index (χ2n) is 2.86. The average molecular weight is 248 g/mol. The molecule has 0 saturated heterocycles. The molecule has 1 aliphatic heterocycles. The van der Waals surface area contributed by atoms with E-state index in [-0.39, 0.29) is 5.82 Å². The number of hydrogen-bond acceptors (Lipinski definition) is 5. The molecule has 15 heavy (non-hydrogen) atoms. The van der Waals surface area contributed by atoms with Crippen LogP contribution >= 0.6 is 23.2 Å². The molecule has 1 aliphatic rings. The Morgan fingerprint density at radius 2 is 1.80 bits per heavy atom. The molecule has 3 N–H and O–H groups in total. The number of halogens is 2. The van der Waals surface area contributed by atoms with Crippen molar-refractivity contribution in [2.24, 2.45) is 5.73 Å². The molecule has 0 radical (unpaired) electrons. The molecule has 5 nitrogen and oxygen atoms in total. The number of hydroxylamine groups is 3. The Balaban J connectivity index is 2.31. The van der Waals surface area contributed by atoms with E-state index >= 15 is 0 Å². The summed E-state index contributed by atoms with van der Waals surface area (Å²) in [5.41, 5.74) is 5.95. The van der Waals surface area contributed by atoms with Gasteiger partial charge in [-0.3, -0.25) is 5.21 Å². The molecule has 7 heteroatoms. The highest BCUT2D eigenvalue weighted by molar-refractivity contribution is 6.35. The zero-order chi connectivity index (χ0) is 11.0. The number of rotatable bonds is 1. The minimum atomic E-state index is 0.0612. The Labute approximate surface area is 95.7 Å². The van der Waals surface area contributed by atoms with Crippen LogP contribution in [0.25, 0.3) is 0 Å². The summed E-state index contributed by atoms with van der Waals surface area (Å²) in [6, 6.07) is 4.83. The Morgan fingerprint density at radius 1 is 1.20 bits per heavy atom. The number of anilines is 1. The van der Waals surface area contributed by atoms with E-state index in [1.807, 2.05) is 0 Å². The maximum absolute atomic E-state index is 9.08. The molecule has 0 fully saturated rings. The summed E-state index contributed by atoms with van der Waals surface area (Å²) in [6.07, 6.45) is 1.39. The molecule has 0 unspecified atom stereocenters. The monoisotopic (exact) mass is 247 g/mol. The van der Waals surface area contributed by atoms with Gasteiger partial charge >= 0.3 is 0 Å². The van der Waals surface area contributed by atoms with Crippen LogP contribution in [0.3, 0.4) is 0 Å². The quantitative estimate of drug-likeness (QED) is 0.796. The van der Waals surface area contributed by atoms with E-state index < -0.39 is 0 Å². The smallest absolute Gasteiger partial charge is 0.176 e. The van der Waals surface area contributed by atoms with E-state index in [9.17, 15) is 0 Å². The molecule has 0 atom stereocenters. The highest BCUT2D eigenvalue weighted by Gasteiger charge is 2.20. The number of nitrogens with zero attached hydrogens (tertiary/aromatic N) is 2. The summed E-state index contributed by atoms with van der Waals surface area (Å²) in [7, 11) is 0. The summed E-state index contributed by atoms with van der Waals surface area (Å²) in [6.45, 7) is 0. The fourth-order valence-electron chi connectivity index (χ4n) is 1.11. The minimum Gasteiger partial charge on any atom is -0.380 e. The van der Waals surface area contributed by atoms with E-state index in [0.29, 0.717) is 21.0 Å². The van der Waals surface area contributed by atoms with Crippen LogP contribution in [0.4, 0.5) is 5.69 Å². The van der Waals surface area contributed by atoms with Crippen LogP contribution < -0.4 is 10.8 Å². The Bertz CT molecular complexity index is 404. The highest BCUT2D eigenvalue weighted by Crippen LogP contribution is 2.28. The van der Waals surface area contributed by atoms with Gasteiger partial charge in [0.2, 0.25) is 0 Å². The molecule has 1 heterocycles. The fraction of sp³-hybridized carbons (Fsp3) is 0. The van der Waals surface area contributed by atoms with Crippen molar-refractivity contribution in [2.75, 3.05) is 5.06 Å². The largest absolute Gasteiger partial charge is 0.380 e. The molecule has 80 valence electrons. The van der Waals surface area contributed by atoms with Gasteiger partial charge in [0, 0.05) is 10.0 Å². The van der Waals surface area contributed by atoms with Crippen LogP contribution in [0, 0.1) is 0 Å². The first-order valence-corrected chi connectivity index (χ1v) is 4.71. The van der Waals surface area contributed by atoms with Crippen LogP contribution in [0.15, 0.2) is 30.2 Å². The molecule has 0 amide bonds. The molecular formula is C8H7Cl2N3O2. The van der Waals surface area contributed by atoms with Gasteiger partial charge in [-0.15, -0.1) is 4.94 Å². The molecular weight excluding hydrogens is 241 g/mol. The molecule has 0 spiro atoms. The third-order valence-corrected chi connectivity index (χ3v) is 2.17. The summed E-state index contributed by atoms with van der Waals surface area (Å²) in [5.74, 6) is 0.0612. The van der Waals surface area contributed by atoms with Crippen LogP contribution in [0.1, 0.15) is 0 Å². The van der Waals surface area contributed by atoms with Crippen molar-refractivity contribution in [1.29, 1.82) is 0 Å². The average Bonchev–Trinajstić information content (AvgIpc) is 2.45. The summed E-state index contributed by atoms with van der Waals surface area (Å²) < 4.78 is 0. The Morgan fingerprint density at radius 3 is 2.27 bits per heavy atom. The van der Waals surface area contributed by atoms with Crippen molar-refractivity contribution in [3.05, 3.63) is 40.3 Å². The zero-order valence-corrected chi connectivity index (χ0v) is 8.90. The number of hydrogen-bond donors (Lipinski definition) is 2. The van der Waals surface area contributed by atoms with Gasteiger partial charge in [0.05, 0.1) is 11.9 Å². The van der Waals surface area contributed by atoms with Crippen LogP contribution in [-0.4, -0.2) is 10.4 Å². The second kappa shape index (κ2) is 3.79. The molecule has 0 bridgehead atoms. The van der Waals surface area contributed by atoms with Crippen molar-refractivity contribution in [2.45, 2.75) is 0 Å². The van der Waals surface area contributed by atoms with E-state index in [4.69, 9.17) is 39.1 Å². The molecule has 2 rings (SSSR count). The fourth-order valence-corrected chi connectivity index (χ4v) is 1.63. The van der Waals surface area contributed by atoms with Crippen LogP contribution in [0.5, 0.6) is 0 Å². The first kappa shape index (κ1) is 10.4. The lowest BCUT2D eigenvalue weighted by molar-refractivity contribution is -0.304. The standard InChI is InChI=1S/C8H7Cl2N3O2/c9-5-1-6(10)3-7(2-5)12-4-8(11)13(14)15-12/h1-4,14H,11H2. The summed E-state index contributed by atoms with van der Waals surface area (Å²) >= 11 is 11.6. The third kappa shape index (κ3) is 2.10. The molecule has 1 aromatic rings. The van der Waals surface area contributed by atoms with Gasteiger partial charge in [0.1, 0.15) is 0 Å². The van der Waals surface area contributed by atoms with Crippen molar-refractivity contribution in [3.8, 4) is 0 Å². The Kier molecular flexibility index (Phi) is 2.62. The van der Waals surface area contributed by atoms with Gasteiger partial charge in [0.25, 0.3) is 0 Å². The van der Waals surface area contributed by atoms with Gasteiger partial charge in [-0.1, -0.05) is 28.4 Å². The van der Waals surface area contributed by atoms with E-state index in [0.717, 1.165) is 0 Å². The van der Waals surface area contributed by atoms with Crippen LogP contribution in [0.2, 0.25) is 10.0 Å². The first-order valence-electron chi connectivity index (χ1n) is 3.96. The van der Waals surface area contributed by atoms with Gasteiger partial charge in [-0.25, -0.2) is 0 Å². The number of nitrogens with two attached hydrogens (primary N) is 1. The van der Waals surface area contributed by atoms with Gasteiger partial charge in [0.15, 0.2) is 5.82 Å². The first-order chi connectivity index (χ1) is 7.06. The predicted octanol–water partition coefficient (Wildman–Crippen LogP) is 2.11. The molecule has 0 aliphatic carbocycles. The van der Waals surface area contributed by atoms with E-state index in [2.05, 4.69) is 0 Å². The van der Waals surface area contributed by atoms with Crippen LogP contribution in [-0.2, 0) is 4.94 Å². The summed E-state index contributed by atoms with van der Waals surface area (Å²) in [5, 5.41) is 11.7. The zero-order valence-electron chi connectivity index (χ0n) is 7.39. The van der Waals surface area contributed by atoms with Crippen molar-refractivity contribution in [1.82, 2.24) is 5.23 Å². The Hall–Kier alpha value is -1.14. The van der Waals surface area contributed by atoms with Gasteiger partial charge in [-0.05, 0) is 18.2 Å². The van der Waals surface area contributed by atoms with Crippen molar-refractivity contribution < 1.29 is 10.1 Å². The molecule has 0 saturated carbocycles. The lowest BCUT2D eigenvalue weighted by Crippen LogP contribution is -2.22. The van der Waals surface area contributed by atoms with E-state index in [1.165, 1.54) is 11.3 Å². The molecule has 1 aromatic carbocycles. The van der Waals surface area contributed by atoms with Crippen molar-refractivity contribution in [3.63, 3.8) is 0 Å². The maximum Gasteiger partial charge on any atom is 0.176 e. The molecule has 0 aromatic heterocycles. The van der Waals surface area contributed by atoms with E-state index in [1.54, 1.807) is 18.2 Å². The highest BCUT2D eigenvalue weighted by atomic mass is 35.5. The lowest BCUT2D eigenvalue weighted by atomic mass is 10.3. The SMILES string of the molecule is NC1=CN(c2cc(Cl)cc(Cl)c2)ON1O. The maximum atomic E-state index is 9.08. The van der Waals surface area contributed by atoms with Crippen molar-refractivity contribution >= 4 is 28.9 Å². The minimum absolute atomic E-state index is 0.0612. The topological polar surface area (TPSA) is 62.0 Å². The second-order valence-corrected chi connectivity index (χ2v) is 3.73. The number of benzene rings is 1. The predicted molar refractivity (Wildman–Crippen MR) is 55.9 cm³/mol. The lowest BCUT2D eigenvalue weighted by Gasteiger charge is -2.15. The summed E-state index contributed by atoms with van der Waals surface area (Å²) in [4.78, 5) is 4.86. The third-order valence-electron chi connectivity index (χ3n) is 1.74. The van der Waals surface area contributed by atoms with Gasteiger partial charge < -0.3 is 5.73 Å².